The van der Waals surface area contributed by atoms with Gasteiger partial charge in [-0.2, -0.15) is 0 Å². The summed E-state index contributed by atoms with van der Waals surface area (Å²) in [6, 6.07) is 20.6. The number of rotatable bonds is 4. The number of nitrogens with zero attached hydrogens (tertiary/aromatic N) is 3. The second-order valence-electron chi connectivity index (χ2n) is 11.2. The number of fused-ring (bicyclic) bond motifs is 1. The van der Waals surface area contributed by atoms with Crippen molar-refractivity contribution in [1.29, 1.82) is 0 Å². The second kappa shape index (κ2) is 10.4. The number of benzene rings is 2. The lowest BCUT2D eigenvalue weighted by molar-refractivity contribution is -0.138. The van der Waals surface area contributed by atoms with Crippen LogP contribution in [0.25, 0.3) is 0 Å². The van der Waals surface area contributed by atoms with Crippen LogP contribution in [0.4, 0.5) is 0 Å². The minimum Gasteiger partial charge on any atom is -0.338 e. The van der Waals surface area contributed by atoms with Gasteiger partial charge in [0.05, 0.1) is 12.1 Å². The molecule has 0 spiro atoms. The van der Waals surface area contributed by atoms with Crippen molar-refractivity contribution in [3.63, 3.8) is 0 Å². The maximum atomic E-state index is 13.7. The highest BCUT2D eigenvalue weighted by Gasteiger charge is 2.37. The molecule has 5 rings (SSSR count). The lowest BCUT2D eigenvalue weighted by Gasteiger charge is -2.42. The lowest BCUT2D eigenvalue weighted by Crippen LogP contribution is -2.56. The number of hydrogen-bond acceptors (Lipinski definition) is 4. The molecule has 2 atom stereocenters. The van der Waals surface area contributed by atoms with Crippen LogP contribution in [-0.2, 0) is 16.6 Å². The Morgan fingerprint density at radius 3 is 2.16 bits per heavy atom. The highest BCUT2D eigenvalue weighted by molar-refractivity contribution is 7.10. The molecule has 5 nitrogen and oxygen atoms in total. The van der Waals surface area contributed by atoms with Gasteiger partial charge in [0, 0.05) is 43.2 Å². The highest BCUT2D eigenvalue weighted by atomic mass is 32.1. The molecule has 0 aliphatic carbocycles. The van der Waals surface area contributed by atoms with Gasteiger partial charge in [0.15, 0.2) is 0 Å². The van der Waals surface area contributed by atoms with E-state index in [1.807, 2.05) is 46.3 Å². The van der Waals surface area contributed by atoms with Crippen molar-refractivity contribution in [1.82, 2.24) is 14.7 Å². The van der Waals surface area contributed by atoms with Gasteiger partial charge in [-0.1, -0.05) is 63.2 Å². The van der Waals surface area contributed by atoms with Crippen molar-refractivity contribution in [2.24, 2.45) is 0 Å². The van der Waals surface area contributed by atoms with E-state index in [-0.39, 0.29) is 29.3 Å². The fourth-order valence-electron chi connectivity index (χ4n) is 5.59. The number of carbonyl (C=O) groups is 2. The van der Waals surface area contributed by atoms with Crippen molar-refractivity contribution >= 4 is 23.2 Å². The minimum absolute atomic E-state index is 0.0470. The van der Waals surface area contributed by atoms with Crippen LogP contribution in [0.3, 0.4) is 0 Å². The monoisotopic (exact) mass is 515 g/mol. The smallest absolute Gasteiger partial charge is 0.253 e. The van der Waals surface area contributed by atoms with E-state index in [0.29, 0.717) is 31.7 Å². The minimum atomic E-state index is -0.231. The van der Waals surface area contributed by atoms with Crippen LogP contribution >= 0.6 is 11.3 Å². The summed E-state index contributed by atoms with van der Waals surface area (Å²) in [5.74, 6) is 0.201. The van der Waals surface area contributed by atoms with Gasteiger partial charge in [0.1, 0.15) is 0 Å². The number of piperazine rings is 1. The fraction of sp³-hybridized carbons (Fsp3) is 0.419. The zero-order valence-electron chi connectivity index (χ0n) is 22.3. The zero-order valence-corrected chi connectivity index (χ0v) is 23.1. The third-order valence-electron chi connectivity index (χ3n) is 7.85. The van der Waals surface area contributed by atoms with Gasteiger partial charge in [-0.15, -0.1) is 11.3 Å². The first-order valence-corrected chi connectivity index (χ1v) is 14.2. The van der Waals surface area contributed by atoms with Gasteiger partial charge in [0.2, 0.25) is 5.91 Å². The van der Waals surface area contributed by atoms with E-state index in [0.717, 1.165) is 13.0 Å². The Morgan fingerprint density at radius 2 is 1.51 bits per heavy atom. The first-order chi connectivity index (χ1) is 17.7. The number of hydrogen-bond donors (Lipinski definition) is 0. The predicted molar refractivity (Wildman–Crippen MR) is 150 cm³/mol. The van der Waals surface area contributed by atoms with Crippen LogP contribution in [-0.4, -0.2) is 65.3 Å². The van der Waals surface area contributed by atoms with Crippen LogP contribution in [0.1, 0.15) is 65.7 Å². The van der Waals surface area contributed by atoms with Gasteiger partial charge >= 0.3 is 0 Å². The van der Waals surface area contributed by atoms with E-state index in [4.69, 9.17) is 0 Å². The Bertz CT molecular complexity index is 1240. The molecule has 0 saturated carbocycles. The molecule has 2 aliphatic heterocycles. The largest absolute Gasteiger partial charge is 0.338 e. The molecule has 0 N–H and O–H groups in total. The summed E-state index contributed by atoms with van der Waals surface area (Å²) in [6.07, 6.45) is 0.976. The van der Waals surface area contributed by atoms with Crippen LogP contribution in [0, 0.1) is 0 Å². The average molecular weight is 516 g/mol. The van der Waals surface area contributed by atoms with Crippen molar-refractivity contribution in [3.8, 4) is 0 Å². The third-order valence-corrected chi connectivity index (χ3v) is 8.85. The van der Waals surface area contributed by atoms with E-state index < -0.39 is 0 Å². The van der Waals surface area contributed by atoms with Gasteiger partial charge < -0.3 is 9.80 Å². The van der Waals surface area contributed by atoms with Crippen LogP contribution in [0.15, 0.2) is 66.0 Å². The van der Waals surface area contributed by atoms with Gasteiger partial charge in [-0.3, -0.25) is 14.5 Å². The van der Waals surface area contributed by atoms with E-state index in [2.05, 4.69) is 73.5 Å². The quantitative estimate of drug-likeness (QED) is 0.470. The number of thiophene rings is 1. The molecule has 1 aromatic heterocycles. The molecule has 2 unspecified atom stereocenters. The lowest BCUT2D eigenvalue weighted by atomic mass is 9.86. The maximum absolute atomic E-state index is 13.7. The number of carbonyl (C=O) groups excluding carboxylic acids is 2. The maximum Gasteiger partial charge on any atom is 0.253 e. The molecule has 1 fully saturated rings. The highest BCUT2D eigenvalue weighted by Crippen LogP contribution is 2.39. The molecule has 6 heteroatoms. The molecular weight excluding hydrogens is 478 g/mol. The zero-order chi connectivity index (χ0) is 26.2. The fourth-order valence-corrected chi connectivity index (χ4v) is 6.49. The van der Waals surface area contributed by atoms with E-state index >= 15 is 0 Å². The Morgan fingerprint density at radius 1 is 0.865 bits per heavy atom. The van der Waals surface area contributed by atoms with Crippen molar-refractivity contribution in [3.05, 3.63) is 93.2 Å². The standard InChI is InChI=1S/C31H37N3O2S/c1-22(34-16-14-27-26(15-21-37-27)28(34)23-8-6-5-7-9-23)29(35)32-17-19-33(20-18-32)30(36)24-10-12-25(13-11-24)31(2,3)4/h5-13,15,21-22,28H,14,16-20H2,1-4H3. The molecule has 0 radical (unpaired) electrons. The summed E-state index contributed by atoms with van der Waals surface area (Å²) in [6.45, 7) is 11.7. The predicted octanol–water partition coefficient (Wildman–Crippen LogP) is 5.37. The molecule has 2 amide bonds. The Labute approximate surface area is 224 Å². The normalized spacial score (nSPS) is 19.4. The van der Waals surface area contributed by atoms with Gasteiger partial charge in [0.25, 0.3) is 5.91 Å². The van der Waals surface area contributed by atoms with E-state index in [9.17, 15) is 9.59 Å². The Hall–Kier alpha value is -2.96. The van der Waals surface area contributed by atoms with Crippen LogP contribution in [0.2, 0.25) is 0 Å². The summed E-state index contributed by atoms with van der Waals surface area (Å²) in [7, 11) is 0. The topological polar surface area (TPSA) is 43.9 Å². The molecule has 37 heavy (non-hydrogen) atoms. The molecule has 3 aromatic rings. The Kier molecular flexibility index (Phi) is 7.24. The van der Waals surface area contributed by atoms with E-state index in [1.165, 1.54) is 21.6 Å². The summed E-state index contributed by atoms with van der Waals surface area (Å²) in [4.78, 5) is 34.4. The SMILES string of the molecule is CC(C(=O)N1CCN(C(=O)c2ccc(C(C)(C)C)cc2)CC1)N1CCc2sccc2C1c1ccccc1. The molecule has 2 aliphatic rings. The first-order valence-electron chi connectivity index (χ1n) is 13.3. The molecular formula is C31H37N3O2S. The van der Waals surface area contributed by atoms with Crippen LogP contribution < -0.4 is 0 Å². The molecule has 1 saturated heterocycles. The molecule has 3 heterocycles. The molecule has 0 bridgehead atoms. The van der Waals surface area contributed by atoms with E-state index in [1.54, 1.807) is 0 Å². The summed E-state index contributed by atoms with van der Waals surface area (Å²) < 4.78 is 0. The van der Waals surface area contributed by atoms with Gasteiger partial charge in [-0.05, 0) is 59.0 Å². The summed E-state index contributed by atoms with van der Waals surface area (Å²) in [5, 5.41) is 2.17. The van der Waals surface area contributed by atoms with Crippen LogP contribution in [0.5, 0.6) is 0 Å². The first kappa shape index (κ1) is 25.7. The summed E-state index contributed by atoms with van der Waals surface area (Å²) in [5.41, 5.74) is 4.55. The molecule has 2 aromatic carbocycles. The average Bonchev–Trinajstić information content (AvgIpc) is 3.40. The van der Waals surface area contributed by atoms with Crippen molar-refractivity contribution < 1.29 is 9.59 Å². The van der Waals surface area contributed by atoms with Gasteiger partial charge in [-0.25, -0.2) is 0 Å². The number of amides is 2. The third kappa shape index (κ3) is 5.23. The molecule has 194 valence electrons. The van der Waals surface area contributed by atoms with Crippen molar-refractivity contribution in [2.75, 3.05) is 32.7 Å². The Balaban J connectivity index is 1.25. The second-order valence-corrected chi connectivity index (χ2v) is 12.2. The summed E-state index contributed by atoms with van der Waals surface area (Å²) >= 11 is 1.82. The van der Waals surface area contributed by atoms with Crippen molar-refractivity contribution in [2.45, 2.75) is 51.6 Å².